The van der Waals surface area contributed by atoms with Crippen molar-refractivity contribution in [1.82, 2.24) is 19.8 Å². The van der Waals surface area contributed by atoms with Crippen LogP contribution in [0, 0.1) is 5.41 Å². The summed E-state index contributed by atoms with van der Waals surface area (Å²) in [5.41, 5.74) is 1.67. The van der Waals surface area contributed by atoms with E-state index in [1.165, 1.54) is 0 Å². The number of aryl methyl sites for hydroxylation is 1. The number of rotatable bonds is 3. The summed E-state index contributed by atoms with van der Waals surface area (Å²) in [5.74, 6) is 0.198. The maximum Gasteiger partial charge on any atom is 0.292 e. The predicted octanol–water partition coefficient (Wildman–Crippen LogP) is 2.76. The van der Waals surface area contributed by atoms with Crippen LogP contribution in [0.1, 0.15) is 36.7 Å². The van der Waals surface area contributed by atoms with E-state index in [4.69, 9.17) is 9.26 Å². The lowest BCUT2D eigenvalue weighted by molar-refractivity contribution is 0.0150. The van der Waals surface area contributed by atoms with Gasteiger partial charge in [-0.05, 0) is 26.2 Å². The molecule has 2 aliphatic rings. The monoisotopic (exact) mass is 356 g/mol. The van der Waals surface area contributed by atoms with E-state index in [1.807, 2.05) is 22.7 Å². The SMILES string of the molecule is CCn1cc(-c2cc(C(=O)N3CCC4(CC=CCOC4)CC3)on2)cn1. The van der Waals surface area contributed by atoms with Crippen molar-refractivity contribution in [2.75, 3.05) is 26.3 Å². The molecule has 2 aliphatic heterocycles. The van der Waals surface area contributed by atoms with Gasteiger partial charge in [0.25, 0.3) is 5.91 Å². The molecule has 0 aromatic carbocycles. The van der Waals surface area contributed by atoms with Gasteiger partial charge in [-0.2, -0.15) is 5.10 Å². The summed E-state index contributed by atoms with van der Waals surface area (Å²) in [4.78, 5) is 14.6. The lowest BCUT2D eigenvalue weighted by atomic mass is 9.76. The molecular formula is C19H24N4O3. The molecule has 1 amide bonds. The molecular weight excluding hydrogens is 332 g/mol. The standard InChI is InChI=1S/C19H24N4O3/c1-2-23-13-15(12-20-23)16-11-17(26-21-16)18(24)22-8-6-19(7-9-22)5-3-4-10-25-14-19/h3-4,11-13H,2,5-10,14H2,1H3. The highest BCUT2D eigenvalue weighted by atomic mass is 16.5. The quantitative estimate of drug-likeness (QED) is 0.791. The Morgan fingerprint density at radius 2 is 2.15 bits per heavy atom. The number of hydrogen-bond donors (Lipinski definition) is 0. The molecule has 7 nitrogen and oxygen atoms in total. The van der Waals surface area contributed by atoms with Crippen molar-refractivity contribution < 1.29 is 14.1 Å². The molecule has 2 aromatic rings. The summed E-state index contributed by atoms with van der Waals surface area (Å²) in [6, 6.07) is 1.71. The molecule has 4 rings (SSSR count). The highest BCUT2D eigenvalue weighted by Gasteiger charge is 2.36. The first kappa shape index (κ1) is 17.0. The van der Waals surface area contributed by atoms with E-state index in [9.17, 15) is 4.79 Å². The zero-order valence-electron chi connectivity index (χ0n) is 15.1. The molecule has 1 spiro atoms. The lowest BCUT2D eigenvalue weighted by Gasteiger charge is -2.40. The molecule has 0 unspecified atom stereocenters. The van der Waals surface area contributed by atoms with Crippen molar-refractivity contribution in [3.05, 3.63) is 36.4 Å². The Kier molecular flexibility index (Phi) is 4.63. The van der Waals surface area contributed by atoms with Crippen LogP contribution in [0.2, 0.25) is 0 Å². The van der Waals surface area contributed by atoms with Gasteiger partial charge in [-0.3, -0.25) is 9.48 Å². The largest absolute Gasteiger partial charge is 0.377 e. The van der Waals surface area contributed by atoms with Crippen LogP contribution in [-0.4, -0.2) is 52.0 Å². The summed E-state index contributed by atoms with van der Waals surface area (Å²) in [5, 5.41) is 8.27. The van der Waals surface area contributed by atoms with Crippen LogP contribution in [-0.2, 0) is 11.3 Å². The van der Waals surface area contributed by atoms with Crippen molar-refractivity contribution >= 4 is 5.91 Å². The second-order valence-corrected chi connectivity index (χ2v) is 7.14. The Bertz CT molecular complexity index is 799. The first-order valence-electron chi connectivity index (χ1n) is 9.21. The van der Waals surface area contributed by atoms with Gasteiger partial charge in [0.2, 0.25) is 5.76 Å². The Labute approximate surface area is 152 Å². The summed E-state index contributed by atoms with van der Waals surface area (Å²) in [6.07, 6.45) is 10.9. The molecule has 1 fully saturated rings. The fourth-order valence-electron chi connectivity index (χ4n) is 3.67. The molecule has 0 saturated carbocycles. The molecule has 0 N–H and O–H groups in total. The lowest BCUT2D eigenvalue weighted by Crippen LogP contribution is -2.44. The number of hydrogen-bond acceptors (Lipinski definition) is 5. The van der Waals surface area contributed by atoms with E-state index in [0.717, 1.165) is 51.1 Å². The molecule has 26 heavy (non-hydrogen) atoms. The van der Waals surface area contributed by atoms with E-state index < -0.39 is 0 Å². The normalized spacial score (nSPS) is 19.7. The van der Waals surface area contributed by atoms with E-state index in [-0.39, 0.29) is 17.1 Å². The molecule has 2 aromatic heterocycles. The molecule has 138 valence electrons. The Balaban J connectivity index is 1.41. The topological polar surface area (TPSA) is 73.4 Å². The third-order valence-electron chi connectivity index (χ3n) is 5.43. The smallest absolute Gasteiger partial charge is 0.292 e. The first-order valence-corrected chi connectivity index (χ1v) is 9.21. The number of likely N-dealkylation sites (tertiary alicyclic amines) is 1. The summed E-state index contributed by atoms with van der Waals surface area (Å²) in [7, 11) is 0. The van der Waals surface area contributed by atoms with Crippen molar-refractivity contribution in [2.24, 2.45) is 5.41 Å². The summed E-state index contributed by atoms with van der Waals surface area (Å²) in [6.45, 7) is 5.72. The van der Waals surface area contributed by atoms with E-state index in [2.05, 4.69) is 22.4 Å². The molecule has 0 radical (unpaired) electrons. The third-order valence-corrected chi connectivity index (χ3v) is 5.43. The number of carbonyl (C=O) groups is 1. The van der Waals surface area contributed by atoms with Crippen molar-refractivity contribution in [3.63, 3.8) is 0 Å². The second-order valence-electron chi connectivity index (χ2n) is 7.14. The van der Waals surface area contributed by atoms with Crippen molar-refractivity contribution in [3.8, 4) is 11.3 Å². The molecule has 4 heterocycles. The fourth-order valence-corrected chi connectivity index (χ4v) is 3.67. The molecule has 0 atom stereocenters. The molecule has 0 bridgehead atoms. The number of carbonyl (C=O) groups excluding carboxylic acids is 1. The molecule has 7 heteroatoms. The molecule has 0 aliphatic carbocycles. The maximum absolute atomic E-state index is 12.8. The summed E-state index contributed by atoms with van der Waals surface area (Å²) >= 11 is 0. The van der Waals surface area contributed by atoms with Crippen molar-refractivity contribution in [2.45, 2.75) is 32.7 Å². The van der Waals surface area contributed by atoms with Crippen LogP contribution in [0.3, 0.4) is 0 Å². The van der Waals surface area contributed by atoms with Gasteiger partial charge in [0.1, 0.15) is 5.69 Å². The van der Waals surface area contributed by atoms with Gasteiger partial charge >= 0.3 is 0 Å². The number of piperidine rings is 1. The van der Waals surface area contributed by atoms with Crippen LogP contribution < -0.4 is 0 Å². The minimum atomic E-state index is -0.0911. The average Bonchev–Trinajstić information content (AvgIpc) is 3.29. The second kappa shape index (κ2) is 7.07. The van der Waals surface area contributed by atoms with E-state index in [0.29, 0.717) is 12.3 Å². The summed E-state index contributed by atoms with van der Waals surface area (Å²) < 4.78 is 12.8. The third kappa shape index (κ3) is 3.31. The number of nitrogens with zero attached hydrogens (tertiary/aromatic N) is 4. The van der Waals surface area contributed by atoms with Crippen LogP contribution in [0.15, 0.2) is 35.1 Å². The molecule has 1 saturated heterocycles. The van der Waals surface area contributed by atoms with E-state index in [1.54, 1.807) is 12.3 Å². The number of aromatic nitrogens is 3. The number of amides is 1. The van der Waals surface area contributed by atoms with Gasteiger partial charge in [-0.15, -0.1) is 0 Å². The Morgan fingerprint density at radius 3 is 2.92 bits per heavy atom. The van der Waals surface area contributed by atoms with Gasteiger partial charge in [-0.1, -0.05) is 17.3 Å². The Hall–Kier alpha value is -2.41. The van der Waals surface area contributed by atoms with E-state index >= 15 is 0 Å². The Morgan fingerprint density at radius 1 is 1.31 bits per heavy atom. The van der Waals surface area contributed by atoms with Gasteiger partial charge < -0.3 is 14.2 Å². The van der Waals surface area contributed by atoms with Gasteiger partial charge in [0.15, 0.2) is 0 Å². The highest BCUT2D eigenvalue weighted by molar-refractivity contribution is 5.92. The number of ether oxygens (including phenoxy) is 1. The van der Waals surface area contributed by atoms with Gasteiger partial charge in [0, 0.05) is 42.9 Å². The van der Waals surface area contributed by atoms with Crippen LogP contribution in [0.25, 0.3) is 11.3 Å². The predicted molar refractivity (Wildman–Crippen MR) is 95.5 cm³/mol. The number of allylic oxidation sites excluding steroid dienone is 1. The van der Waals surface area contributed by atoms with Crippen LogP contribution >= 0.6 is 0 Å². The zero-order valence-corrected chi connectivity index (χ0v) is 15.1. The minimum Gasteiger partial charge on any atom is -0.377 e. The average molecular weight is 356 g/mol. The van der Waals surface area contributed by atoms with Gasteiger partial charge in [-0.25, -0.2) is 0 Å². The maximum atomic E-state index is 12.8. The van der Waals surface area contributed by atoms with Crippen LogP contribution in [0.5, 0.6) is 0 Å². The fraction of sp³-hybridized carbons (Fsp3) is 0.526. The zero-order chi connectivity index (χ0) is 18.0. The first-order chi connectivity index (χ1) is 12.7. The van der Waals surface area contributed by atoms with Gasteiger partial charge in [0.05, 0.1) is 19.4 Å². The minimum absolute atomic E-state index is 0.0911. The highest BCUT2D eigenvalue weighted by Crippen LogP contribution is 2.37. The van der Waals surface area contributed by atoms with Crippen molar-refractivity contribution in [1.29, 1.82) is 0 Å². The van der Waals surface area contributed by atoms with Crippen LogP contribution in [0.4, 0.5) is 0 Å².